The largest absolute Gasteiger partial charge is 0.542 e. The Morgan fingerprint density at radius 3 is 1.26 bits per heavy atom. The summed E-state index contributed by atoms with van der Waals surface area (Å²) in [5.74, 6) is 0.217. The molecule has 1 unspecified atom stereocenters. The SMILES string of the molecule is CCCCCCCCCCCCCCC([C-]=O)CCCCC.[Fe]. The van der Waals surface area contributed by atoms with Crippen LogP contribution < -0.4 is 0 Å². The van der Waals surface area contributed by atoms with Crippen molar-refractivity contribution < 1.29 is 21.9 Å². The van der Waals surface area contributed by atoms with E-state index >= 15 is 0 Å². The van der Waals surface area contributed by atoms with Gasteiger partial charge in [0.1, 0.15) is 0 Å². The quantitative estimate of drug-likeness (QED) is 0.141. The second kappa shape index (κ2) is 22.2. The molecule has 0 N–H and O–H groups in total. The molecule has 0 heterocycles. The number of unbranched alkanes of at least 4 members (excludes halogenated alkanes) is 13. The van der Waals surface area contributed by atoms with Crippen LogP contribution in [0.1, 0.15) is 123 Å². The van der Waals surface area contributed by atoms with Crippen LogP contribution in [0.5, 0.6) is 0 Å². The van der Waals surface area contributed by atoms with Crippen molar-refractivity contribution in [3.05, 3.63) is 0 Å². The molecule has 1 nitrogen and oxygen atoms in total. The molecule has 23 heavy (non-hydrogen) atoms. The van der Waals surface area contributed by atoms with Crippen molar-refractivity contribution >= 4 is 6.29 Å². The van der Waals surface area contributed by atoms with E-state index in [9.17, 15) is 4.79 Å². The Bertz CT molecular complexity index is 218. The molecule has 0 fully saturated rings. The third-order valence-corrected chi connectivity index (χ3v) is 4.73. The van der Waals surface area contributed by atoms with Gasteiger partial charge in [-0.1, -0.05) is 123 Å². The van der Waals surface area contributed by atoms with Gasteiger partial charge in [-0.05, 0) is 0 Å². The van der Waals surface area contributed by atoms with E-state index in [1.165, 1.54) is 96.3 Å². The van der Waals surface area contributed by atoms with Crippen molar-refractivity contribution in [2.45, 2.75) is 123 Å². The minimum atomic E-state index is 0. The predicted molar refractivity (Wildman–Crippen MR) is 99.0 cm³/mol. The maximum Gasteiger partial charge on any atom is 0 e. The topological polar surface area (TPSA) is 17.1 Å². The number of hydrogen-bond acceptors (Lipinski definition) is 1. The first-order chi connectivity index (χ1) is 10.8. The fourth-order valence-electron chi connectivity index (χ4n) is 3.13. The van der Waals surface area contributed by atoms with E-state index in [0.717, 1.165) is 12.8 Å². The molecular weight excluding hydrogens is 324 g/mol. The summed E-state index contributed by atoms with van der Waals surface area (Å²) in [6.07, 6.45) is 24.7. The molecule has 1 atom stereocenters. The van der Waals surface area contributed by atoms with Gasteiger partial charge >= 0.3 is 0 Å². The molecule has 0 rings (SSSR count). The summed E-state index contributed by atoms with van der Waals surface area (Å²) < 4.78 is 0. The van der Waals surface area contributed by atoms with Crippen LogP contribution in [-0.4, -0.2) is 6.29 Å². The maximum absolute atomic E-state index is 10.9. The Hall–Kier alpha value is 0.189. The summed E-state index contributed by atoms with van der Waals surface area (Å²) in [6.45, 7) is 4.49. The van der Waals surface area contributed by atoms with E-state index in [-0.39, 0.29) is 23.0 Å². The van der Waals surface area contributed by atoms with Crippen molar-refractivity contribution in [3.63, 3.8) is 0 Å². The summed E-state index contributed by atoms with van der Waals surface area (Å²) in [5.41, 5.74) is 0. The van der Waals surface area contributed by atoms with Crippen LogP contribution in [-0.2, 0) is 21.9 Å². The van der Waals surface area contributed by atoms with Crippen LogP contribution in [0.3, 0.4) is 0 Å². The molecule has 0 spiro atoms. The normalized spacial score (nSPS) is 11.9. The molecular formula is C21H41FeO-. The maximum atomic E-state index is 10.9. The second-order valence-corrected chi connectivity index (χ2v) is 6.99. The Labute approximate surface area is 157 Å². The van der Waals surface area contributed by atoms with Crippen LogP contribution in [0.4, 0.5) is 0 Å². The molecule has 2 heteroatoms. The van der Waals surface area contributed by atoms with E-state index in [4.69, 9.17) is 0 Å². The van der Waals surface area contributed by atoms with Gasteiger partial charge < -0.3 is 4.79 Å². The zero-order chi connectivity index (χ0) is 16.3. The Morgan fingerprint density at radius 2 is 0.870 bits per heavy atom. The zero-order valence-corrected chi connectivity index (χ0v) is 17.0. The Kier molecular flexibility index (Phi) is 24.5. The summed E-state index contributed by atoms with van der Waals surface area (Å²) in [7, 11) is 0. The molecule has 0 radical (unpaired) electrons. The summed E-state index contributed by atoms with van der Waals surface area (Å²) in [5, 5.41) is 0. The summed E-state index contributed by atoms with van der Waals surface area (Å²) in [6, 6.07) is 0. The summed E-state index contributed by atoms with van der Waals surface area (Å²) >= 11 is 0. The van der Waals surface area contributed by atoms with E-state index in [1.807, 2.05) is 0 Å². The fraction of sp³-hybridized carbons (Fsp3) is 0.952. The van der Waals surface area contributed by atoms with Crippen LogP contribution in [0, 0.1) is 5.92 Å². The van der Waals surface area contributed by atoms with Gasteiger partial charge in [0, 0.05) is 17.1 Å². The van der Waals surface area contributed by atoms with Gasteiger partial charge in [0.05, 0.1) is 0 Å². The molecule has 0 aliphatic rings. The second-order valence-electron chi connectivity index (χ2n) is 6.99. The van der Waals surface area contributed by atoms with Crippen molar-refractivity contribution in [1.29, 1.82) is 0 Å². The van der Waals surface area contributed by atoms with Crippen LogP contribution >= 0.6 is 0 Å². The molecule has 0 aromatic carbocycles. The van der Waals surface area contributed by atoms with Gasteiger partial charge in [-0.3, -0.25) is 6.29 Å². The van der Waals surface area contributed by atoms with E-state index in [1.54, 1.807) is 0 Å². The first-order valence-electron chi connectivity index (χ1n) is 10.2. The molecule has 0 aromatic rings. The van der Waals surface area contributed by atoms with Crippen LogP contribution in [0.2, 0.25) is 0 Å². The molecule has 0 aliphatic heterocycles. The summed E-state index contributed by atoms with van der Waals surface area (Å²) in [4.78, 5) is 10.9. The molecule has 140 valence electrons. The Balaban J connectivity index is 0. The first kappa shape index (κ1) is 25.4. The average Bonchev–Trinajstić information content (AvgIpc) is 2.54. The monoisotopic (exact) mass is 365 g/mol. The standard InChI is InChI=1S/C21H41O.Fe/c1-3-5-7-8-9-10-11-12-13-14-15-17-19-21(20-22)18-16-6-4-2;/h21H,3-19H2,1-2H3;/q-1;. The molecule has 0 bridgehead atoms. The minimum absolute atomic E-state index is 0. The minimum Gasteiger partial charge on any atom is -0.542 e. The molecule has 0 aliphatic carbocycles. The van der Waals surface area contributed by atoms with Crippen molar-refractivity contribution in [2.75, 3.05) is 0 Å². The van der Waals surface area contributed by atoms with E-state index < -0.39 is 0 Å². The van der Waals surface area contributed by atoms with Crippen LogP contribution in [0.15, 0.2) is 0 Å². The van der Waals surface area contributed by atoms with Crippen molar-refractivity contribution in [2.24, 2.45) is 5.92 Å². The van der Waals surface area contributed by atoms with E-state index in [2.05, 4.69) is 20.1 Å². The number of hydrogen-bond donors (Lipinski definition) is 0. The third kappa shape index (κ3) is 20.1. The van der Waals surface area contributed by atoms with Gasteiger partial charge in [0.2, 0.25) is 0 Å². The first-order valence-corrected chi connectivity index (χ1v) is 10.2. The molecule has 0 aromatic heterocycles. The molecule has 0 amide bonds. The smallest absolute Gasteiger partial charge is 0 e. The molecule has 0 saturated heterocycles. The van der Waals surface area contributed by atoms with Gasteiger partial charge in [-0.15, -0.1) is 5.92 Å². The Morgan fingerprint density at radius 1 is 0.565 bits per heavy atom. The third-order valence-electron chi connectivity index (χ3n) is 4.73. The van der Waals surface area contributed by atoms with Crippen molar-refractivity contribution in [1.82, 2.24) is 0 Å². The molecule has 0 saturated carbocycles. The van der Waals surface area contributed by atoms with Crippen LogP contribution in [0.25, 0.3) is 0 Å². The number of carbonyl (C=O) groups excluding carboxylic acids is 1. The average molecular weight is 365 g/mol. The van der Waals surface area contributed by atoms with Gasteiger partial charge in [-0.2, -0.15) is 0 Å². The van der Waals surface area contributed by atoms with Gasteiger partial charge in [0.15, 0.2) is 0 Å². The van der Waals surface area contributed by atoms with Gasteiger partial charge in [-0.25, -0.2) is 0 Å². The van der Waals surface area contributed by atoms with E-state index in [0.29, 0.717) is 0 Å². The fourth-order valence-corrected chi connectivity index (χ4v) is 3.13. The zero-order valence-electron chi connectivity index (χ0n) is 15.9. The van der Waals surface area contributed by atoms with Gasteiger partial charge in [0.25, 0.3) is 0 Å². The van der Waals surface area contributed by atoms with Crippen molar-refractivity contribution in [3.8, 4) is 0 Å². The predicted octanol–water partition coefficient (Wildman–Crippen LogP) is 7.38. The number of rotatable bonds is 18.